The minimum Gasteiger partial charge on any atom is -0.338 e. The van der Waals surface area contributed by atoms with Crippen LogP contribution in [0.5, 0.6) is 0 Å². The minimum absolute atomic E-state index is 0.0811. The highest BCUT2D eigenvalue weighted by molar-refractivity contribution is 6.20. The summed E-state index contributed by atoms with van der Waals surface area (Å²) in [5.41, 5.74) is 0.0811. The molecule has 3 heterocycles. The molecule has 200 valence electrons. The van der Waals surface area contributed by atoms with E-state index in [0.29, 0.717) is 48.1 Å². The topological polar surface area (TPSA) is 69.7 Å². The van der Waals surface area contributed by atoms with E-state index in [1.54, 1.807) is 0 Å². The lowest BCUT2D eigenvalue weighted by molar-refractivity contribution is 0.0450. The van der Waals surface area contributed by atoms with Crippen LogP contribution < -0.4 is 16.0 Å². The van der Waals surface area contributed by atoms with Crippen molar-refractivity contribution >= 4 is 17.6 Å². The molecule has 0 radical (unpaired) electrons. The van der Waals surface area contributed by atoms with E-state index < -0.39 is 0 Å². The van der Waals surface area contributed by atoms with E-state index in [4.69, 9.17) is 17.0 Å². The van der Waals surface area contributed by atoms with E-state index in [0.717, 1.165) is 24.9 Å². The number of halogens is 1. The van der Waals surface area contributed by atoms with Gasteiger partial charge in [0, 0.05) is 26.2 Å². The van der Waals surface area contributed by atoms with Gasteiger partial charge in [0.05, 0.1) is 23.9 Å². The molecule has 3 aliphatic heterocycles. The van der Waals surface area contributed by atoms with Crippen LogP contribution in [0.1, 0.15) is 72.1 Å². The molecule has 35 heavy (non-hydrogen) atoms. The van der Waals surface area contributed by atoms with Crippen molar-refractivity contribution in [2.45, 2.75) is 108 Å². The first-order valence-corrected chi connectivity index (χ1v) is 14.9. The molecule has 2 aliphatic carbocycles. The third-order valence-corrected chi connectivity index (χ3v) is 10.7. The molecular weight excluding hydrogens is 458 g/mol. The smallest absolute Gasteiger partial charge is 0.195 e. The second-order valence-corrected chi connectivity index (χ2v) is 13.2. The molecule has 2 saturated carbocycles. The molecule has 7 unspecified atom stereocenters. The number of hydrogen-bond acceptors (Lipinski definition) is 5. The lowest BCUT2D eigenvalue weighted by Crippen LogP contribution is -2.68. The summed E-state index contributed by atoms with van der Waals surface area (Å²) in [5.74, 6) is 4.25. The van der Waals surface area contributed by atoms with Crippen LogP contribution in [0.3, 0.4) is 0 Å². The summed E-state index contributed by atoms with van der Waals surface area (Å²) < 4.78 is 0. The fraction of sp³-hybridized carbons (Fsp3) is 0.963. The SMILES string of the molecule is CC(C)C1CCCCC1C1NCC2C(N1)N([C@H](C)C1CCC(C3NC(Cl)CN3C)CC1)C(=N)N2C. The number of fused-ring (bicyclic) bond motifs is 1. The van der Waals surface area contributed by atoms with E-state index in [1.807, 2.05) is 0 Å². The zero-order chi connectivity index (χ0) is 24.9. The number of guanidine groups is 1. The number of likely N-dealkylation sites (N-methyl/N-ethyl adjacent to an activating group) is 2. The zero-order valence-corrected chi connectivity index (χ0v) is 23.4. The molecule has 5 fully saturated rings. The quantitative estimate of drug-likeness (QED) is 0.337. The molecule has 5 aliphatic rings. The van der Waals surface area contributed by atoms with Crippen LogP contribution in [0.4, 0.5) is 0 Å². The van der Waals surface area contributed by atoms with Crippen LogP contribution in [0.25, 0.3) is 0 Å². The Bertz CT molecular complexity index is 741. The molecule has 0 bridgehead atoms. The average Bonchev–Trinajstić information content (AvgIpc) is 3.33. The van der Waals surface area contributed by atoms with Crippen molar-refractivity contribution < 1.29 is 0 Å². The van der Waals surface area contributed by atoms with E-state index >= 15 is 0 Å². The van der Waals surface area contributed by atoms with Gasteiger partial charge in [0.15, 0.2) is 5.96 Å². The van der Waals surface area contributed by atoms with Gasteiger partial charge in [-0.3, -0.25) is 26.3 Å². The maximum atomic E-state index is 9.05. The lowest BCUT2D eigenvalue weighted by Gasteiger charge is -2.47. The summed E-state index contributed by atoms with van der Waals surface area (Å²) in [6.45, 7) is 9.11. The van der Waals surface area contributed by atoms with Crippen molar-refractivity contribution in [1.29, 1.82) is 5.41 Å². The van der Waals surface area contributed by atoms with Gasteiger partial charge in [-0.05, 0) is 82.1 Å². The second kappa shape index (κ2) is 10.6. The molecule has 5 rings (SSSR count). The monoisotopic (exact) mass is 507 g/mol. The van der Waals surface area contributed by atoms with Gasteiger partial charge in [-0.1, -0.05) is 26.7 Å². The molecule has 0 aromatic rings. The van der Waals surface area contributed by atoms with Gasteiger partial charge in [-0.25, -0.2) is 0 Å². The van der Waals surface area contributed by atoms with Crippen molar-refractivity contribution in [2.24, 2.45) is 29.6 Å². The largest absolute Gasteiger partial charge is 0.338 e. The molecule has 8 atom stereocenters. The number of nitrogens with one attached hydrogen (secondary N) is 4. The van der Waals surface area contributed by atoms with Crippen LogP contribution in [0, 0.1) is 35.0 Å². The van der Waals surface area contributed by atoms with Crippen molar-refractivity contribution in [3.63, 3.8) is 0 Å². The second-order valence-electron chi connectivity index (χ2n) is 12.7. The van der Waals surface area contributed by atoms with Crippen molar-refractivity contribution in [2.75, 3.05) is 27.2 Å². The summed E-state index contributed by atoms with van der Waals surface area (Å²) in [5, 5.41) is 20.6. The summed E-state index contributed by atoms with van der Waals surface area (Å²) >= 11 is 6.38. The average molecular weight is 508 g/mol. The number of rotatable bonds is 5. The van der Waals surface area contributed by atoms with Gasteiger partial charge < -0.3 is 9.80 Å². The molecule has 0 aromatic heterocycles. The Balaban J connectivity index is 1.24. The summed E-state index contributed by atoms with van der Waals surface area (Å²) in [7, 11) is 4.32. The summed E-state index contributed by atoms with van der Waals surface area (Å²) in [4.78, 5) is 7.06. The summed E-state index contributed by atoms with van der Waals surface area (Å²) in [6.07, 6.45) is 11.4. The predicted octanol–water partition coefficient (Wildman–Crippen LogP) is 3.47. The Morgan fingerprint density at radius 2 is 1.66 bits per heavy atom. The van der Waals surface area contributed by atoms with Crippen LogP contribution in [-0.4, -0.2) is 83.9 Å². The first kappa shape index (κ1) is 26.0. The molecule has 3 saturated heterocycles. The standard InChI is InChI=1S/C27H50ClN7/c1-16(2)20-8-6-7-9-21(20)24-30-14-22-26(32-24)35(27(29)34(22)5)17(3)18-10-12-19(13-11-18)25-31-23(28)15-33(25)4/h16-26,29-32H,6-15H2,1-5H3/t17-,18?,19?,20?,21?,22?,23?,24?,25?,26?/m1/s1. The van der Waals surface area contributed by atoms with Crippen molar-refractivity contribution in [1.82, 2.24) is 30.7 Å². The third-order valence-electron chi connectivity index (χ3n) is 10.5. The van der Waals surface area contributed by atoms with Crippen LogP contribution in [0.2, 0.25) is 0 Å². The van der Waals surface area contributed by atoms with E-state index in [2.05, 4.69) is 65.5 Å². The summed E-state index contributed by atoms with van der Waals surface area (Å²) in [6, 6.07) is 0.713. The van der Waals surface area contributed by atoms with Gasteiger partial charge >= 0.3 is 0 Å². The molecule has 4 N–H and O–H groups in total. The highest BCUT2D eigenvalue weighted by atomic mass is 35.5. The van der Waals surface area contributed by atoms with Gasteiger partial charge in [0.25, 0.3) is 0 Å². The predicted molar refractivity (Wildman–Crippen MR) is 144 cm³/mol. The molecule has 7 nitrogen and oxygen atoms in total. The van der Waals surface area contributed by atoms with Crippen molar-refractivity contribution in [3.8, 4) is 0 Å². The Hall–Kier alpha value is -0.600. The van der Waals surface area contributed by atoms with E-state index in [-0.39, 0.29) is 11.7 Å². The third kappa shape index (κ3) is 4.97. The fourth-order valence-electron chi connectivity index (χ4n) is 8.35. The van der Waals surface area contributed by atoms with E-state index in [9.17, 15) is 0 Å². The van der Waals surface area contributed by atoms with Gasteiger partial charge in [0.1, 0.15) is 6.17 Å². The number of hydrogen-bond donors (Lipinski definition) is 4. The molecule has 0 amide bonds. The number of nitrogens with zero attached hydrogens (tertiary/aromatic N) is 3. The van der Waals surface area contributed by atoms with E-state index in [1.165, 1.54) is 51.4 Å². The normalized spacial score (nSPS) is 44.2. The maximum Gasteiger partial charge on any atom is 0.195 e. The van der Waals surface area contributed by atoms with Gasteiger partial charge in [0.2, 0.25) is 0 Å². The Morgan fingerprint density at radius 3 is 2.31 bits per heavy atom. The zero-order valence-electron chi connectivity index (χ0n) is 22.6. The first-order valence-electron chi connectivity index (χ1n) is 14.5. The Labute approximate surface area is 218 Å². The number of alkyl halides is 1. The maximum absolute atomic E-state index is 9.05. The Kier molecular flexibility index (Phi) is 7.91. The molecule has 8 heteroatoms. The van der Waals surface area contributed by atoms with Crippen LogP contribution in [-0.2, 0) is 0 Å². The molecule has 0 aromatic carbocycles. The first-order chi connectivity index (χ1) is 16.8. The van der Waals surface area contributed by atoms with Crippen LogP contribution in [0.15, 0.2) is 0 Å². The minimum atomic E-state index is 0.0811. The Morgan fingerprint density at radius 1 is 0.943 bits per heavy atom. The molecule has 0 spiro atoms. The molecular formula is C27H50ClN7. The fourth-order valence-corrected chi connectivity index (χ4v) is 8.69. The van der Waals surface area contributed by atoms with Crippen LogP contribution >= 0.6 is 11.6 Å². The van der Waals surface area contributed by atoms with Gasteiger partial charge in [-0.15, -0.1) is 11.6 Å². The highest BCUT2D eigenvalue weighted by Gasteiger charge is 2.50. The lowest BCUT2D eigenvalue weighted by atomic mass is 9.71. The highest BCUT2D eigenvalue weighted by Crippen LogP contribution is 2.40. The van der Waals surface area contributed by atoms with Gasteiger partial charge in [-0.2, -0.15) is 0 Å². The van der Waals surface area contributed by atoms with Crippen molar-refractivity contribution in [3.05, 3.63) is 0 Å².